The molecule has 0 atom stereocenters. The molecule has 0 fully saturated rings. The van der Waals surface area contributed by atoms with Crippen molar-refractivity contribution in [3.8, 4) is 9.88 Å². The Morgan fingerprint density at radius 3 is 2.62 bits per heavy atom. The van der Waals surface area contributed by atoms with E-state index >= 15 is 0 Å². The number of thiophene rings is 1. The van der Waals surface area contributed by atoms with E-state index in [-0.39, 0.29) is 10.8 Å². The number of hydrogen-bond donors (Lipinski definition) is 1. The summed E-state index contributed by atoms with van der Waals surface area (Å²) in [7, 11) is -0.629. The average Bonchev–Trinajstić information content (AvgIpc) is 3.24. The molecule has 2 heterocycles. The molecule has 3 aromatic rings. The van der Waals surface area contributed by atoms with E-state index < -0.39 is 10.0 Å². The van der Waals surface area contributed by atoms with E-state index in [1.54, 1.807) is 30.4 Å². The van der Waals surface area contributed by atoms with Crippen molar-refractivity contribution in [1.82, 2.24) is 9.29 Å². The molecule has 2 aromatic heterocycles. The first-order valence-corrected chi connectivity index (χ1v) is 10.8. The largest absolute Gasteiger partial charge is 0.321 e. The van der Waals surface area contributed by atoms with Crippen LogP contribution in [0.3, 0.4) is 0 Å². The quantitative estimate of drug-likeness (QED) is 0.700. The van der Waals surface area contributed by atoms with Gasteiger partial charge in [0, 0.05) is 19.8 Å². The van der Waals surface area contributed by atoms with Crippen molar-refractivity contribution in [1.29, 1.82) is 0 Å². The Hall–Kier alpha value is -2.07. The Morgan fingerprint density at radius 2 is 1.96 bits per heavy atom. The van der Waals surface area contributed by atoms with E-state index in [0.29, 0.717) is 16.3 Å². The fourth-order valence-corrected chi connectivity index (χ4v) is 4.95. The van der Waals surface area contributed by atoms with Crippen molar-refractivity contribution in [2.75, 3.05) is 19.4 Å². The number of anilines is 1. The van der Waals surface area contributed by atoms with E-state index in [1.165, 1.54) is 37.6 Å². The van der Waals surface area contributed by atoms with Crippen LogP contribution >= 0.6 is 22.7 Å². The van der Waals surface area contributed by atoms with Gasteiger partial charge in [-0.05, 0) is 36.6 Å². The van der Waals surface area contributed by atoms with Gasteiger partial charge in [-0.15, -0.1) is 22.7 Å². The molecule has 136 valence electrons. The third-order valence-electron chi connectivity index (χ3n) is 3.61. The number of carbonyl (C=O) groups is 1. The summed E-state index contributed by atoms with van der Waals surface area (Å²) in [5.41, 5.74) is 1.07. The second-order valence-electron chi connectivity index (χ2n) is 5.68. The van der Waals surface area contributed by atoms with E-state index in [2.05, 4.69) is 10.3 Å². The molecule has 0 spiro atoms. The molecule has 26 heavy (non-hydrogen) atoms. The summed E-state index contributed by atoms with van der Waals surface area (Å²) in [6.45, 7) is 1.79. The van der Waals surface area contributed by atoms with Crippen molar-refractivity contribution in [3.05, 3.63) is 52.3 Å². The summed E-state index contributed by atoms with van der Waals surface area (Å²) in [5.74, 6) is -0.304. The minimum absolute atomic E-state index is 0.126. The molecule has 1 N–H and O–H groups in total. The third kappa shape index (κ3) is 3.70. The highest BCUT2D eigenvalue weighted by molar-refractivity contribution is 7.89. The first kappa shape index (κ1) is 18.7. The summed E-state index contributed by atoms with van der Waals surface area (Å²) in [5, 5.41) is 5.52. The number of amides is 1. The number of nitrogens with zero attached hydrogens (tertiary/aromatic N) is 2. The predicted octanol–water partition coefficient (Wildman–Crippen LogP) is 3.68. The van der Waals surface area contributed by atoms with Gasteiger partial charge in [-0.1, -0.05) is 12.1 Å². The standard InChI is InChI=1S/C17H17N3O3S3/c1-11-15(25-17(18-11)14-8-5-9-24-14)16(21)19-12-6-4-7-13(10-12)26(22,23)20(2)3/h4-10H,1-3H3,(H,19,21). The van der Waals surface area contributed by atoms with Gasteiger partial charge in [-0.2, -0.15) is 0 Å². The van der Waals surface area contributed by atoms with E-state index in [4.69, 9.17) is 0 Å². The van der Waals surface area contributed by atoms with Crippen LogP contribution in [0.25, 0.3) is 9.88 Å². The number of benzene rings is 1. The van der Waals surface area contributed by atoms with Gasteiger partial charge in [-0.3, -0.25) is 4.79 Å². The fourth-order valence-electron chi connectivity index (χ4n) is 2.25. The number of carbonyl (C=O) groups excluding carboxylic acids is 1. The molecule has 9 heteroatoms. The first-order valence-electron chi connectivity index (χ1n) is 7.64. The molecule has 0 aliphatic carbocycles. The van der Waals surface area contributed by atoms with Crippen LogP contribution in [0.1, 0.15) is 15.4 Å². The molecule has 6 nitrogen and oxygen atoms in total. The van der Waals surface area contributed by atoms with Gasteiger partial charge in [0.25, 0.3) is 5.91 Å². The normalized spacial score (nSPS) is 11.7. The molecule has 0 unspecified atom stereocenters. The minimum atomic E-state index is -3.56. The maximum Gasteiger partial charge on any atom is 0.267 e. The predicted molar refractivity (Wildman–Crippen MR) is 105 cm³/mol. The van der Waals surface area contributed by atoms with E-state index in [9.17, 15) is 13.2 Å². The Morgan fingerprint density at radius 1 is 1.19 bits per heavy atom. The van der Waals surface area contributed by atoms with Crippen LogP contribution in [0, 0.1) is 6.92 Å². The van der Waals surface area contributed by atoms with Crippen LogP contribution in [-0.2, 0) is 10.0 Å². The Bertz CT molecular complexity index is 1040. The molecule has 0 saturated carbocycles. The van der Waals surface area contributed by atoms with Crippen molar-refractivity contribution >= 4 is 44.3 Å². The Labute approximate surface area is 160 Å². The zero-order valence-electron chi connectivity index (χ0n) is 14.4. The highest BCUT2D eigenvalue weighted by Gasteiger charge is 2.20. The van der Waals surface area contributed by atoms with Crippen molar-refractivity contribution < 1.29 is 13.2 Å². The summed E-state index contributed by atoms with van der Waals surface area (Å²) >= 11 is 2.89. The monoisotopic (exact) mass is 407 g/mol. The van der Waals surface area contributed by atoms with Gasteiger partial charge >= 0.3 is 0 Å². The topological polar surface area (TPSA) is 79.4 Å². The zero-order chi connectivity index (χ0) is 18.9. The van der Waals surface area contributed by atoms with Crippen molar-refractivity contribution in [2.45, 2.75) is 11.8 Å². The van der Waals surface area contributed by atoms with Crippen LogP contribution < -0.4 is 5.32 Å². The highest BCUT2D eigenvalue weighted by atomic mass is 32.2. The molecular formula is C17H17N3O3S3. The number of rotatable bonds is 5. The molecule has 0 saturated heterocycles. The Balaban J connectivity index is 1.85. The molecule has 3 rings (SSSR count). The molecule has 1 amide bonds. The maximum absolute atomic E-state index is 12.6. The number of sulfonamides is 1. The lowest BCUT2D eigenvalue weighted by Crippen LogP contribution is -2.22. The van der Waals surface area contributed by atoms with Gasteiger partial charge in [0.1, 0.15) is 9.88 Å². The van der Waals surface area contributed by atoms with Gasteiger partial charge in [0.05, 0.1) is 15.5 Å². The number of aromatic nitrogens is 1. The fraction of sp³-hybridized carbons (Fsp3) is 0.176. The first-order chi connectivity index (χ1) is 12.3. The number of aryl methyl sites for hydroxylation is 1. The van der Waals surface area contributed by atoms with Crippen LogP contribution in [0.15, 0.2) is 46.7 Å². The summed E-state index contributed by atoms with van der Waals surface area (Å²) in [6.07, 6.45) is 0. The van der Waals surface area contributed by atoms with Gasteiger partial charge < -0.3 is 5.32 Å². The maximum atomic E-state index is 12.6. The molecule has 0 aliphatic rings. The second kappa shape index (κ2) is 7.28. The van der Waals surface area contributed by atoms with E-state index in [0.717, 1.165) is 14.2 Å². The molecule has 1 aromatic carbocycles. The lowest BCUT2D eigenvalue weighted by atomic mass is 10.3. The molecule has 0 radical (unpaired) electrons. The number of nitrogens with one attached hydrogen (secondary N) is 1. The average molecular weight is 408 g/mol. The van der Waals surface area contributed by atoms with Crippen LogP contribution in [0.5, 0.6) is 0 Å². The highest BCUT2D eigenvalue weighted by Crippen LogP contribution is 2.31. The minimum Gasteiger partial charge on any atom is -0.321 e. The lowest BCUT2D eigenvalue weighted by molar-refractivity contribution is 0.102. The van der Waals surface area contributed by atoms with Gasteiger partial charge in [0.15, 0.2) is 0 Å². The van der Waals surface area contributed by atoms with Crippen molar-refractivity contribution in [2.24, 2.45) is 0 Å². The SMILES string of the molecule is Cc1nc(-c2cccs2)sc1C(=O)Nc1cccc(S(=O)(=O)N(C)C)c1. The van der Waals surface area contributed by atoms with Crippen LogP contribution in [0.2, 0.25) is 0 Å². The smallest absolute Gasteiger partial charge is 0.267 e. The molecular weight excluding hydrogens is 390 g/mol. The summed E-state index contributed by atoms with van der Waals surface area (Å²) in [6, 6.07) is 10.1. The van der Waals surface area contributed by atoms with E-state index in [1.807, 2.05) is 17.5 Å². The molecule has 0 bridgehead atoms. The summed E-state index contributed by atoms with van der Waals surface area (Å²) in [4.78, 5) is 18.7. The third-order valence-corrected chi connectivity index (χ3v) is 7.61. The zero-order valence-corrected chi connectivity index (χ0v) is 16.8. The summed E-state index contributed by atoms with van der Waals surface area (Å²) < 4.78 is 25.6. The van der Waals surface area contributed by atoms with Gasteiger partial charge in [0.2, 0.25) is 10.0 Å². The van der Waals surface area contributed by atoms with Crippen LogP contribution in [-0.4, -0.2) is 37.7 Å². The number of thiazole rings is 1. The second-order valence-corrected chi connectivity index (χ2v) is 9.78. The number of hydrogen-bond acceptors (Lipinski definition) is 6. The Kier molecular flexibility index (Phi) is 5.24. The van der Waals surface area contributed by atoms with Crippen molar-refractivity contribution in [3.63, 3.8) is 0 Å². The van der Waals surface area contributed by atoms with Gasteiger partial charge in [-0.25, -0.2) is 17.7 Å². The van der Waals surface area contributed by atoms with Crippen LogP contribution in [0.4, 0.5) is 5.69 Å². The lowest BCUT2D eigenvalue weighted by Gasteiger charge is -2.12. The molecule has 0 aliphatic heterocycles.